The van der Waals surface area contributed by atoms with E-state index in [1.807, 2.05) is 0 Å². The van der Waals surface area contributed by atoms with Crippen molar-refractivity contribution < 1.29 is 4.74 Å². The molecule has 4 heteroatoms. The predicted octanol–water partition coefficient (Wildman–Crippen LogP) is 0.416. The van der Waals surface area contributed by atoms with E-state index in [0.717, 1.165) is 19.6 Å². The van der Waals surface area contributed by atoms with Crippen LogP contribution in [0, 0.1) is 0 Å². The Labute approximate surface area is 86.3 Å². The SMILES string of the molecule is CN(C)CN(CCN)C1(C)CC=CO1. The summed E-state index contributed by atoms with van der Waals surface area (Å²) in [6.07, 6.45) is 4.76. The molecule has 82 valence electrons. The maximum absolute atomic E-state index is 5.62. The fraction of sp³-hybridized carbons (Fsp3) is 0.800. The second-order valence-electron chi connectivity index (χ2n) is 4.14. The highest BCUT2D eigenvalue weighted by atomic mass is 16.5. The van der Waals surface area contributed by atoms with E-state index >= 15 is 0 Å². The molecule has 0 amide bonds. The normalized spacial score (nSPS) is 26.1. The van der Waals surface area contributed by atoms with Crippen molar-refractivity contribution in [3.63, 3.8) is 0 Å². The lowest BCUT2D eigenvalue weighted by atomic mass is 10.1. The number of rotatable bonds is 5. The molecule has 0 aliphatic carbocycles. The van der Waals surface area contributed by atoms with Crippen molar-refractivity contribution in [3.8, 4) is 0 Å². The van der Waals surface area contributed by atoms with Gasteiger partial charge in [0.1, 0.15) is 0 Å². The molecule has 2 N–H and O–H groups in total. The first-order valence-corrected chi connectivity index (χ1v) is 5.01. The van der Waals surface area contributed by atoms with Gasteiger partial charge in [-0.25, -0.2) is 0 Å². The molecule has 1 aliphatic rings. The van der Waals surface area contributed by atoms with Gasteiger partial charge >= 0.3 is 0 Å². The first-order valence-electron chi connectivity index (χ1n) is 5.01. The third kappa shape index (κ3) is 2.70. The van der Waals surface area contributed by atoms with Crippen LogP contribution in [0.5, 0.6) is 0 Å². The van der Waals surface area contributed by atoms with Crippen LogP contribution in [0.4, 0.5) is 0 Å². The molecule has 0 radical (unpaired) electrons. The minimum absolute atomic E-state index is 0.205. The fourth-order valence-corrected chi connectivity index (χ4v) is 1.67. The molecule has 0 bridgehead atoms. The molecular formula is C10H21N3O. The van der Waals surface area contributed by atoms with Crippen LogP contribution in [-0.4, -0.2) is 49.4 Å². The van der Waals surface area contributed by atoms with E-state index in [4.69, 9.17) is 10.5 Å². The third-order valence-electron chi connectivity index (χ3n) is 2.44. The molecule has 0 spiro atoms. The smallest absolute Gasteiger partial charge is 0.164 e. The maximum atomic E-state index is 5.62. The van der Waals surface area contributed by atoms with Crippen LogP contribution in [0.15, 0.2) is 12.3 Å². The zero-order valence-corrected chi connectivity index (χ0v) is 9.36. The number of ether oxygens (including phenoxy) is 1. The zero-order valence-electron chi connectivity index (χ0n) is 9.36. The van der Waals surface area contributed by atoms with Gasteiger partial charge in [-0.3, -0.25) is 9.80 Å². The second kappa shape index (κ2) is 4.77. The van der Waals surface area contributed by atoms with Gasteiger partial charge < -0.3 is 10.5 Å². The van der Waals surface area contributed by atoms with E-state index < -0.39 is 0 Å². The lowest BCUT2D eigenvalue weighted by Crippen LogP contribution is -2.51. The average molecular weight is 199 g/mol. The van der Waals surface area contributed by atoms with Gasteiger partial charge in [-0.15, -0.1) is 0 Å². The van der Waals surface area contributed by atoms with Gasteiger partial charge in [0.25, 0.3) is 0 Å². The summed E-state index contributed by atoms with van der Waals surface area (Å²) in [4.78, 5) is 4.38. The molecule has 0 fully saturated rings. The van der Waals surface area contributed by atoms with Gasteiger partial charge in [0.05, 0.1) is 12.9 Å². The van der Waals surface area contributed by atoms with Gasteiger partial charge in [0, 0.05) is 19.5 Å². The van der Waals surface area contributed by atoms with Crippen LogP contribution in [-0.2, 0) is 4.74 Å². The first kappa shape index (κ1) is 11.5. The molecule has 0 aromatic rings. The Morgan fingerprint density at radius 3 is 2.64 bits per heavy atom. The number of nitrogens with two attached hydrogens (primary N) is 1. The van der Waals surface area contributed by atoms with Crippen LogP contribution in [0.3, 0.4) is 0 Å². The van der Waals surface area contributed by atoms with Crippen LogP contribution in [0.1, 0.15) is 13.3 Å². The fourth-order valence-electron chi connectivity index (χ4n) is 1.67. The number of hydrogen-bond donors (Lipinski definition) is 1. The molecule has 1 unspecified atom stereocenters. The monoisotopic (exact) mass is 199 g/mol. The first-order chi connectivity index (χ1) is 6.58. The molecule has 4 nitrogen and oxygen atoms in total. The molecule has 14 heavy (non-hydrogen) atoms. The second-order valence-corrected chi connectivity index (χ2v) is 4.14. The minimum Gasteiger partial charge on any atom is -0.480 e. The van der Waals surface area contributed by atoms with Gasteiger partial charge in [0.15, 0.2) is 5.72 Å². The Hall–Kier alpha value is -0.580. The van der Waals surface area contributed by atoms with E-state index in [9.17, 15) is 0 Å². The van der Waals surface area contributed by atoms with Crippen LogP contribution < -0.4 is 5.73 Å². The van der Waals surface area contributed by atoms with Crippen molar-refractivity contribution in [3.05, 3.63) is 12.3 Å². The zero-order chi connectivity index (χ0) is 10.6. The largest absolute Gasteiger partial charge is 0.480 e. The molecule has 0 aromatic heterocycles. The lowest BCUT2D eigenvalue weighted by Gasteiger charge is -2.38. The van der Waals surface area contributed by atoms with E-state index in [1.54, 1.807) is 6.26 Å². The molecule has 0 saturated heterocycles. The van der Waals surface area contributed by atoms with E-state index in [0.29, 0.717) is 6.54 Å². The van der Waals surface area contributed by atoms with Crippen LogP contribution in [0.2, 0.25) is 0 Å². The number of hydrogen-bond acceptors (Lipinski definition) is 4. The van der Waals surface area contributed by atoms with Crippen LogP contribution >= 0.6 is 0 Å². The third-order valence-corrected chi connectivity index (χ3v) is 2.44. The van der Waals surface area contributed by atoms with Crippen molar-refractivity contribution >= 4 is 0 Å². The topological polar surface area (TPSA) is 41.7 Å². The van der Waals surface area contributed by atoms with Crippen molar-refractivity contribution in [2.45, 2.75) is 19.1 Å². The highest BCUT2D eigenvalue weighted by Crippen LogP contribution is 2.26. The van der Waals surface area contributed by atoms with Gasteiger partial charge in [0.2, 0.25) is 0 Å². The van der Waals surface area contributed by atoms with E-state index in [-0.39, 0.29) is 5.72 Å². The summed E-state index contributed by atoms with van der Waals surface area (Å²) >= 11 is 0. The summed E-state index contributed by atoms with van der Waals surface area (Å²) in [5.41, 5.74) is 5.39. The Morgan fingerprint density at radius 2 is 2.21 bits per heavy atom. The van der Waals surface area contributed by atoms with Crippen molar-refractivity contribution in [2.24, 2.45) is 5.73 Å². The van der Waals surface area contributed by atoms with Crippen LogP contribution in [0.25, 0.3) is 0 Å². The number of nitrogens with zero attached hydrogens (tertiary/aromatic N) is 2. The lowest BCUT2D eigenvalue weighted by molar-refractivity contribution is -0.101. The Morgan fingerprint density at radius 1 is 1.50 bits per heavy atom. The summed E-state index contributed by atoms with van der Waals surface area (Å²) in [6.45, 7) is 4.49. The standard InChI is InChI=1S/C10H21N3O/c1-10(5-4-8-14-10)13(7-6-11)9-12(2)3/h4,8H,5-7,9,11H2,1-3H3. The van der Waals surface area contributed by atoms with Crippen molar-refractivity contribution in [1.82, 2.24) is 9.80 Å². The van der Waals surface area contributed by atoms with Gasteiger partial charge in [-0.1, -0.05) is 0 Å². The average Bonchev–Trinajstić information content (AvgIpc) is 2.52. The van der Waals surface area contributed by atoms with Crippen molar-refractivity contribution in [2.75, 3.05) is 33.9 Å². The van der Waals surface area contributed by atoms with E-state index in [2.05, 4.69) is 36.9 Å². The summed E-state index contributed by atoms with van der Waals surface area (Å²) in [7, 11) is 4.10. The summed E-state index contributed by atoms with van der Waals surface area (Å²) in [6, 6.07) is 0. The minimum atomic E-state index is -0.205. The van der Waals surface area contributed by atoms with E-state index in [1.165, 1.54) is 0 Å². The summed E-state index contributed by atoms with van der Waals surface area (Å²) < 4.78 is 5.62. The Bertz CT molecular complexity index is 196. The Balaban J connectivity index is 2.56. The molecule has 1 aliphatic heterocycles. The Kier molecular flexibility index (Phi) is 3.92. The quantitative estimate of drug-likeness (QED) is 0.651. The molecule has 1 atom stereocenters. The predicted molar refractivity (Wildman–Crippen MR) is 57.6 cm³/mol. The van der Waals surface area contributed by atoms with Gasteiger partial charge in [-0.05, 0) is 27.1 Å². The highest BCUT2D eigenvalue weighted by Gasteiger charge is 2.34. The molecular weight excluding hydrogens is 178 g/mol. The molecule has 1 rings (SSSR count). The molecule has 0 aromatic carbocycles. The molecule has 0 saturated carbocycles. The maximum Gasteiger partial charge on any atom is 0.164 e. The highest BCUT2D eigenvalue weighted by molar-refractivity contribution is 4.95. The van der Waals surface area contributed by atoms with Crippen molar-refractivity contribution in [1.29, 1.82) is 0 Å². The molecule has 1 heterocycles. The van der Waals surface area contributed by atoms with Gasteiger partial charge in [-0.2, -0.15) is 0 Å². The summed E-state index contributed by atoms with van der Waals surface area (Å²) in [5, 5.41) is 0. The summed E-state index contributed by atoms with van der Waals surface area (Å²) in [5.74, 6) is 0.